The van der Waals surface area contributed by atoms with Gasteiger partial charge in [0.15, 0.2) is 0 Å². The third-order valence-corrected chi connectivity index (χ3v) is 5.20. The number of carbonyl (C=O) groups excluding carboxylic acids is 1. The highest BCUT2D eigenvalue weighted by Crippen LogP contribution is 2.13. The zero-order chi connectivity index (χ0) is 20.2. The van der Waals surface area contributed by atoms with Crippen LogP contribution in [0.1, 0.15) is 116 Å². The molecule has 0 saturated carbocycles. The smallest absolute Gasteiger partial charge is 0.238 e. The van der Waals surface area contributed by atoms with Crippen molar-refractivity contribution in [1.82, 2.24) is 5.32 Å². The second kappa shape index (κ2) is 20.1. The summed E-state index contributed by atoms with van der Waals surface area (Å²) in [6.45, 7) is 2.88. The fraction of sp³-hybridized carbons (Fsp3) is 0.955. The van der Waals surface area contributed by atoms with Crippen LogP contribution in [-0.4, -0.2) is 29.8 Å². The van der Waals surface area contributed by atoms with Crippen molar-refractivity contribution in [2.24, 2.45) is 11.5 Å². The molecule has 0 aliphatic rings. The minimum Gasteiger partial charge on any atom is -0.374 e. The molecule has 5 nitrogen and oxygen atoms in total. The monoisotopic (exact) mass is 385 g/mol. The van der Waals surface area contributed by atoms with E-state index < -0.39 is 12.3 Å². The van der Waals surface area contributed by atoms with Gasteiger partial charge in [0.1, 0.15) is 6.23 Å². The van der Waals surface area contributed by atoms with Crippen LogP contribution < -0.4 is 16.8 Å². The van der Waals surface area contributed by atoms with Gasteiger partial charge in [-0.05, 0) is 32.2 Å². The third kappa shape index (κ3) is 18.5. The van der Waals surface area contributed by atoms with E-state index in [1.54, 1.807) is 0 Å². The van der Waals surface area contributed by atoms with Gasteiger partial charge in [-0.25, -0.2) is 0 Å². The van der Waals surface area contributed by atoms with E-state index in [0.29, 0.717) is 19.4 Å². The fourth-order valence-corrected chi connectivity index (χ4v) is 3.34. The average Bonchev–Trinajstić information content (AvgIpc) is 2.65. The van der Waals surface area contributed by atoms with Gasteiger partial charge in [0.25, 0.3) is 0 Å². The molecule has 162 valence electrons. The Morgan fingerprint density at radius 3 is 1.70 bits per heavy atom. The van der Waals surface area contributed by atoms with E-state index in [1.165, 1.54) is 70.6 Å². The Morgan fingerprint density at radius 2 is 1.22 bits per heavy atom. The lowest BCUT2D eigenvalue weighted by atomic mass is 10.0. The molecule has 6 N–H and O–H groups in total. The van der Waals surface area contributed by atoms with E-state index >= 15 is 0 Å². The van der Waals surface area contributed by atoms with E-state index in [2.05, 4.69) is 12.2 Å². The molecule has 0 spiro atoms. The standard InChI is InChI=1S/C22H47N3O2/c1-2-3-4-5-6-7-8-9-10-11-12-13-14-18-21(26)25-22(27)20(24)17-15-16-19-23/h20-21,26H,2-19,23-24H2,1H3,(H,25,27)/t20-,21?/m0/s1. The number of aliphatic hydroxyl groups excluding tert-OH is 1. The number of carbonyl (C=O) groups is 1. The van der Waals surface area contributed by atoms with Crippen LogP contribution >= 0.6 is 0 Å². The van der Waals surface area contributed by atoms with Crippen LogP contribution in [0.5, 0.6) is 0 Å². The van der Waals surface area contributed by atoms with Crippen LogP contribution in [0.25, 0.3) is 0 Å². The van der Waals surface area contributed by atoms with Gasteiger partial charge in [-0.2, -0.15) is 0 Å². The Balaban J connectivity index is 3.38. The zero-order valence-electron chi connectivity index (χ0n) is 17.9. The zero-order valence-corrected chi connectivity index (χ0v) is 17.9. The molecule has 0 rings (SSSR count). The Hall–Kier alpha value is -0.650. The molecule has 5 heteroatoms. The van der Waals surface area contributed by atoms with Crippen LogP contribution in [0.15, 0.2) is 0 Å². The summed E-state index contributed by atoms with van der Waals surface area (Å²) in [5.41, 5.74) is 11.2. The summed E-state index contributed by atoms with van der Waals surface area (Å²) in [4.78, 5) is 11.9. The van der Waals surface area contributed by atoms with Gasteiger partial charge in [-0.1, -0.05) is 90.4 Å². The molecule has 0 aromatic rings. The Morgan fingerprint density at radius 1 is 0.778 bits per heavy atom. The first kappa shape index (κ1) is 26.4. The number of hydrogen-bond donors (Lipinski definition) is 4. The van der Waals surface area contributed by atoms with Crippen molar-refractivity contribution in [3.8, 4) is 0 Å². The Bertz CT molecular complexity index is 327. The average molecular weight is 386 g/mol. The number of nitrogens with two attached hydrogens (primary N) is 2. The van der Waals surface area contributed by atoms with Crippen LogP contribution in [-0.2, 0) is 4.79 Å². The summed E-state index contributed by atoms with van der Waals surface area (Å²) in [5, 5.41) is 12.5. The second-order valence-electron chi connectivity index (χ2n) is 7.95. The normalized spacial score (nSPS) is 13.5. The number of amides is 1. The highest BCUT2D eigenvalue weighted by atomic mass is 16.3. The maximum Gasteiger partial charge on any atom is 0.238 e. The molecule has 27 heavy (non-hydrogen) atoms. The van der Waals surface area contributed by atoms with Crippen LogP contribution in [0.2, 0.25) is 0 Å². The van der Waals surface area contributed by atoms with Gasteiger partial charge in [-0.15, -0.1) is 0 Å². The minimum atomic E-state index is -0.772. The molecule has 1 unspecified atom stereocenters. The predicted octanol–water partition coefficient (Wildman–Crippen LogP) is 4.36. The van der Waals surface area contributed by atoms with Gasteiger partial charge in [0.2, 0.25) is 5.91 Å². The van der Waals surface area contributed by atoms with Crippen LogP contribution in [0.4, 0.5) is 0 Å². The molecule has 0 fully saturated rings. The van der Waals surface area contributed by atoms with Gasteiger partial charge in [0.05, 0.1) is 6.04 Å². The fourth-order valence-electron chi connectivity index (χ4n) is 3.34. The van der Waals surface area contributed by atoms with Crippen molar-refractivity contribution in [1.29, 1.82) is 0 Å². The summed E-state index contributed by atoms with van der Waals surface area (Å²) < 4.78 is 0. The van der Waals surface area contributed by atoms with E-state index in [-0.39, 0.29) is 5.91 Å². The molecule has 0 bridgehead atoms. The first-order valence-corrected chi connectivity index (χ1v) is 11.6. The molecule has 0 aromatic heterocycles. The third-order valence-electron chi connectivity index (χ3n) is 5.20. The number of aliphatic hydroxyl groups is 1. The lowest BCUT2D eigenvalue weighted by Gasteiger charge is -2.16. The highest BCUT2D eigenvalue weighted by molar-refractivity contribution is 5.81. The number of hydrogen-bond acceptors (Lipinski definition) is 4. The van der Waals surface area contributed by atoms with Crippen molar-refractivity contribution < 1.29 is 9.90 Å². The van der Waals surface area contributed by atoms with Crippen molar-refractivity contribution in [3.63, 3.8) is 0 Å². The summed E-state index contributed by atoms with van der Waals surface area (Å²) >= 11 is 0. The Kier molecular flexibility index (Phi) is 19.6. The Labute approximate surface area is 168 Å². The van der Waals surface area contributed by atoms with Crippen molar-refractivity contribution in [2.45, 2.75) is 128 Å². The van der Waals surface area contributed by atoms with Gasteiger partial charge >= 0.3 is 0 Å². The van der Waals surface area contributed by atoms with E-state index in [9.17, 15) is 9.90 Å². The SMILES string of the molecule is CCCCCCCCCCCCCCCC(O)NC(=O)[C@@H](N)CCCCN. The molecule has 0 radical (unpaired) electrons. The van der Waals surface area contributed by atoms with Gasteiger partial charge in [0, 0.05) is 0 Å². The maximum absolute atomic E-state index is 11.9. The molecule has 0 aliphatic heterocycles. The summed E-state index contributed by atoms with van der Waals surface area (Å²) in [5.74, 6) is -0.255. The summed E-state index contributed by atoms with van der Waals surface area (Å²) in [6.07, 6.45) is 19.1. The number of rotatable bonds is 20. The molecular weight excluding hydrogens is 338 g/mol. The molecule has 1 amide bonds. The van der Waals surface area contributed by atoms with Crippen molar-refractivity contribution >= 4 is 5.91 Å². The van der Waals surface area contributed by atoms with Crippen molar-refractivity contribution in [3.05, 3.63) is 0 Å². The van der Waals surface area contributed by atoms with E-state index in [1.807, 2.05) is 0 Å². The van der Waals surface area contributed by atoms with Gasteiger partial charge < -0.3 is 21.9 Å². The first-order chi connectivity index (χ1) is 13.1. The molecule has 0 heterocycles. The number of unbranched alkanes of at least 4 members (excludes halogenated alkanes) is 13. The molecule has 0 saturated heterocycles. The summed E-state index contributed by atoms with van der Waals surface area (Å²) in [6, 6.07) is -0.544. The van der Waals surface area contributed by atoms with Gasteiger partial charge in [-0.3, -0.25) is 4.79 Å². The molecular formula is C22H47N3O2. The molecule has 0 aromatic carbocycles. The lowest BCUT2D eigenvalue weighted by Crippen LogP contribution is -2.45. The lowest BCUT2D eigenvalue weighted by molar-refractivity contribution is -0.125. The quantitative estimate of drug-likeness (QED) is 0.185. The topological polar surface area (TPSA) is 101 Å². The molecule has 2 atom stereocenters. The first-order valence-electron chi connectivity index (χ1n) is 11.6. The van der Waals surface area contributed by atoms with Crippen molar-refractivity contribution in [2.75, 3.05) is 6.54 Å². The second-order valence-corrected chi connectivity index (χ2v) is 7.95. The number of nitrogens with one attached hydrogen (secondary N) is 1. The molecule has 0 aliphatic carbocycles. The highest BCUT2D eigenvalue weighted by Gasteiger charge is 2.15. The van der Waals surface area contributed by atoms with Crippen LogP contribution in [0, 0.1) is 0 Å². The largest absolute Gasteiger partial charge is 0.374 e. The summed E-state index contributed by atoms with van der Waals surface area (Å²) in [7, 11) is 0. The van der Waals surface area contributed by atoms with Crippen LogP contribution in [0.3, 0.4) is 0 Å². The maximum atomic E-state index is 11.9. The predicted molar refractivity (Wildman–Crippen MR) is 115 cm³/mol. The minimum absolute atomic E-state index is 0.255. The van der Waals surface area contributed by atoms with E-state index in [4.69, 9.17) is 11.5 Å². The van der Waals surface area contributed by atoms with E-state index in [0.717, 1.165) is 25.7 Å².